The first kappa shape index (κ1) is 24.5. The smallest absolute Gasteiger partial charge is 0.205 e. The predicted octanol–water partition coefficient (Wildman–Crippen LogP) is 6.45. The lowest BCUT2D eigenvalue weighted by atomic mass is 9.93. The molecular formula is C30H25F2N7. The molecule has 0 radical (unpaired) electrons. The van der Waals surface area contributed by atoms with E-state index in [-0.39, 0.29) is 0 Å². The SMILES string of the molecule is CCc1nc2c(C)cc(C)nc2n1Cc1ccc(-c2cc(-c3ccc(F)cc3F)ccc2-c2nn[nH]n2)cc1. The number of nitrogens with zero attached hydrogens (tertiary/aromatic N) is 6. The molecule has 3 aromatic heterocycles. The van der Waals surface area contributed by atoms with Crippen LogP contribution in [0.4, 0.5) is 8.78 Å². The second kappa shape index (κ2) is 9.83. The molecule has 0 atom stereocenters. The highest BCUT2D eigenvalue weighted by Crippen LogP contribution is 2.35. The summed E-state index contributed by atoms with van der Waals surface area (Å²) in [5, 5.41) is 14.5. The molecule has 0 unspecified atom stereocenters. The number of hydrogen-bond donors (Lipinski definition) is 1. The van der Waals surface area contributed by atoms with Crippen molar-refractivity contribution in [3.8, 4) is 33.6 Å². The van der Waals surface area contributed by atoms with Gasteiger partial charge in [0.05, 0.1) is 6.54 Å². The molecule has 0 aliphatic carbocycles. The van der Waals surface area contributed by atoms with Crippen LogP contribution in [0, 0.1) is 25.5 Å². The number of benzene rings is 3. The van der Waals surface area contributed by atoms with Crippen molar-refractivity contribution in [1.82, 2.24) is 35.2 Å². The van der Waals surface area contributed by atoms with E-state index in [1.165, 1.54) is 12.1 Å². The molecule has 0 aliphatic heterocycles. The summed E-state index contributed by atoms with van der Waals surface area (Å²) in [5.41, 5.74) is 8.38. The van der Waals surface area contributed by atoms with Gasteiger partial charge in [-0.3, -0.25) is 0 Å². The number of rotatable bonds is 6. The summed E-state index contributed by atoms with van der Waals surface area (Å²) in [4.78, 5) is 9.63. The number of aromatic nitrogens is 7. The Kier molecular flexibility index (Phi) is 6.18. The molecule has 0 spiro atoms. The quantitative estimate of drug-likeness (QED) is 0.272. The van der Waals surface area contributed by atoms with Crippen LogP contribution in [0.3, 0.4) is 0 Å². The lowest BCUT2D eigenvalue weighted by molar-refractivity contribution is 0.585. The summed E-state index contributed by atoms with van der Waals surface area (Å²) in [6.45, 7) is 6.79. The number of H-pyrrole nitrogens is 1. The molecule has 7 nitrogen and oxygen atoms in total. The van der Waals surface area contributed by atoms with E-state index >= 15 is 0 Å². The Hall–Kier alpha value is -4.79. The van der Waals surface area contributed by atoms with Crippen molar-refractivity contribution in [1.29, 1.82) is 0 Å². The summed E-state index contributed by atoms with van der Waals surface area (Å²) in [5.74, 6) is 0.174. The summed E-state index contributed by atoms with van der Waals surface area (Å²) in [7, 11) is 0. The molecule has 0 saturated carbocycles. The van der Waals surface area contributed by atoms with Crippen LogP contribution in [0.2, 0.25) is 0 Å². The van der Waals surface area contributed by atoms with E-state index in [1.807, 2.05) is 31.2 Å². The van der Waals surface area contributed by atoms with E-state index in [9.17, 15) is 8.78 Å². The molecule has 0 aliphatic rings. The van der Waals surface area contributed by atoms with E-state index in [1.54, 1.807) is 6.07 Å². The van der Waals surface area contributed by atoms with Gasteiger partial charge in [-0.2, -0.15) is 5.21 Å². The van der Waals surface area contributed by atoms with Crippen LogP contribution in [0.15, 0.2) is 66.7 Å². The Morgan fingerprint density at radius 1 is 0.821 bits per heavy atom. The number of nitrogens with one attached hydrogen (secondary N) is 1. The molecular weight excluding hydrogens is 496 g/mol. The molecule has 1 N–H and O–H groups in total. The number of tetrazole rings is 1. The molecule has 9 heteroatoms. The molecule has 0 bridgehead atoms. The van der Waals surface area contributed by atoms with Crippen molar-refractivity contribution in [3.05, 3.63) is 101 Å². The van der Waals surface area contributed by atoms with Gasteiger partial charge in [-0.25, -0.2) is 18.7 Å². The molecule has 0 fully saturated rings. The van der Waals surface area contributed by atoms with Gasteiger partial charge in [-0.15, -0.1) is 10.2 Å². The van der Waals surface area contributed by atoms with Crippen molar-refractivity contribution < 1.29 is 8.78 Å². The Morgan fingerprint density at radius 2 is 1.59 bits per heavy atom. The maximum atomic E-state index is 14.6. The summed E-state index contributed by atoms with van der Waals surface area (Å²) in [6, 6.07) is 19.3. The molecule has 3 aromatic carbocycles. The van der Waals surface area contributed by atoms with Crippen LogP contribution in [0.25, 0.3) is 44.8 Å². The van der Waals surface area contributed by atoms with Gasteiger partial charge in [0.25, 0.3) is 0 Å². The number of pyridine rings is 1. The minimum absolute atomic E-state index is 0.311. The third-order valence-corrected chi connectivity index (χ3v) is 6.87. The first-order valence-electron chi connectivity index (χ1n) is 12.7. The third kappa shape index (κ3) is 4.56. The maximum Gasteiger partial charge on any atom is 0.205 e. The second-order valence-electron chi connectivity index (χ2n) is 9.54. The number of aromatic amines is 1. The zero-order valence-corrected chi connectivity index (χ0v) is 21.7. The van der Waals surface area contributed by atoms with Gasteiger partial charge in [0.2, 0.25) is 5.82 Å². The summed E-state index contributed by atoms with van der Waals surface area (Å²) < 4.78 is 30.3. The highest BCUT2D eigenvalue weighted by Gasteiger charge is 2.17. The molecule has 0 amide bonds. The Bertz CT molecular complexity index is 1810. The van der Waals surface area contributed by atoms with E-state index in [0.29, 0.717) is 23.5 Å². The van der Waals surface area contributed by atoms with Crippen LogP contribution >= 0.6 is 0 Å². The number of aryl methyl sites for hydroxylation is 3. The van der Waals surface area contributed by atoms with Gasteiger partial charge in [-0.05, 0) is 77.2 Å². The lowest BCUT2D eigenvalue weighted by Gasteiger charge is -2.13. The zero-order chi connectivity index (χ0) is 27.1. The summed E-state index contributed by atoms with van der Waals surface area (Å²) >= 11 is 0. The fourth-order valence-electron chi connectivity index (χ4n) is 5.00. The molecule has 6 rings (SSSR count). The van der Waals surface area contributed by atoms with Crippen molar-refractivity contribution in [2.75, 3.05) is 0 Å². The standard InChI is InChI=1S/C30H25F2N7/c1-4-27-34-28-17(2)13-18(3)33-30(28)39(27)16-19-5-7-20(8-6-19)25-14-21(23-12-10-22(31)15-26(23)32)9-11-24(25)29-35-37-38-36-29/h5-15H,4,16H2,1-3H3,(H,35,36,37,38). The highest BCUT2D eigenvalue weighted by molar-refractivity contribution is 5.85. The monoisotopic (exact) mass is 521 g/mol. The second-order valence-corrected chi connectivity index (χ2v) is 9.54. The van der Waals surface area contributed by atoms with Crippen LogP contribution in [-0.4, -0.2) is 35.2 Å². The van der Waals surface area contributed by atoms with Crippen LogP contribution < -0.4 is 0 Å². The summed E-state index contributed by atoms with van der Waals surface area (Å²) in [6.07, 6.45) is 0.799. The number of fused-ring (bicyclic) bond motifs is 1. The van der Waals surface area contributed by atoms with Crippen molar-refractivity contribution in [2.24, 2.45) is 0 Å². The fraction of sp³-hybridized carbons (Fsp3) is 0.167. The molecule has 0 saturated heterocycles. The Labute approximate surface area is 223 Å². The van der Waals surface area contributed by atoms with E-state index in [0.717, 1.165) is 63.0 Å². The molecule has 6 aromatic rings. The van der Waals surface area contributed by atoms with Gasteiger partial charge in [0.1, 0.15) is 23.0 Å². The first-order valence-corrected chi connectivity index (χ1v) is 12.7. The average Bonchev–Trinajstić information content (AvgIpc) is 3.58. The van der Waals surface area contributed by atoms with Gasteiger partial charge in [-0.1, -0.05) is 37.3 Å². The lowest BCUT2D eigenvalue weighted by Crippen LogP contribution is -2.05. The van der Waals surface area contributed by atoms with Gasteiger partial charge in [0.15, 0.2) is 5.65 Å². The van der Waals surface area contributed by atoms with Crippen LogP contribution in [0.1, 0.15) is 29.6 Å². The first-order chi connectivity index (χ1) is 18.9. The normalized spacial score (nSPS) is 11.4. The van der Waals surface area contributed by atoms with E-state index < -0.39 is 11.6 Å². The predicted molar refractivity (Wildman–Crippen MR) is 146 cm³/mol. The van der Waals surface area contributed by atoms with Crippen LogP contribution in [-0.2, 0) is 13.0 Å². The van der Waals surface area contributed by atoms with Crippen molar-refractivity contribution >= 4 is 11.2 Å². The largest absolute Gasteiger partial charge is 0.308 e. The van der Waals surface area contributed by atoms with Crippen molar-refractivity contribution in [2.45, 2.75) is 33.7 Å². The minimum Gasteiger partial charge on any atom is -0.308 e. The Balaban J connectivity index is 1.40. The molecule has 39 heavy (non-hydrogen) atoms. The number of hydrogen-bond acceptors (Lipinski definition) is 5. The average molecular weight is 522 g/mol. The van der Waals surface area contributed by atoms with Gasteiger partial charge < -0.3 is 4.57 Å². The fourth-order valence-corrected chi connectivity index (χ4v) is 5.00. The third-order valence-electron chi connectivity index (χ3n) is 6.87. The highest BCUT2D eigenvalue weighted by atomic mass is 19.1. The van der Waals surface area contributed by atoms with E-state index in [2.05, 4.69) is 57.2 Å². The number of imidazole rings is 1. The number of halogens is 2. The van der Waals surface area contributed by atoms with Crippen LogP contribution in [0.5, 0.6) is 0 Å². The maximum absolute atomic E-state index is 14.6. The molecule has 194 valence electrons. The topological polar surface area (TPSA) is 85.2 Å². The minimum atomic E-state index is -0.623. The zero-order valence-electron chi connectivity index (χ0n) is 21.7. The van der Waals surface area contributed by atoms with Gasteiger partial charge >= 0.3 is 0 Å². The molecule has 3 heterocycles. The Morgan fingerprint density at radius 3 is 2.31 bits per heavy atom. The van der Waals surface area contributed by atoms with E-state index in [4.69, 9.17) is 9.97 Å². The van der Waals surface area contributed by atoms with Crippen molar-refractivity contribution in [3.63, 3.8) is 0 Å². The van der Waals surface area contributed by atoms with Gasteiger partial charge in [0, 0.05) is 29.3 Å².